The minimum absolute atomic E-state index is 0.541. The van der Waals surface area contributed by atoms with Crippen LogP contribution in [0, 0.1) is 0 Å². The van der Waals surface area contributed by atoms with Crippen molar-refractivity contribution in [2.24, 2.45) is 0 Å². The van der Waals surface area contributed by atoms with Crippen LogP contribution in [0.2, 0.25) is 0 Å². The average molecular weight is 951 g/mol. The summed E-state index contributed by atoms with van der Waals surface area (Å²) in [7, 11) is 0. The Morgan fingerprint density at radius 3 is 1.32 bits per heavy atom. The first kappa shape index (κ1) is 41.8. The number of aromatic nitrogens is 1. The first-order valence-corrected chi connectivity index (χ1v) is 26.1. The zero-order valence-corrected chi connectivity index (χ0v) is 41.0. The lowest BCUT2D eigenvalue weighted by Gasteiger charge is -2.33. The van der Waals surface area contributed by atoms with Gasteiger partial charge in [0, 0.05) is 33.4 Å². The Bertz CT molecular complexity index is 4560. The number of rotatable bonds is 6. The van der Waals surface area contributed by atoms with Crippen LogP contribution >= 0.6 is 0 Å². The Morgan fingerprint density at radius 2 is 0.693 bits per heavy atom. The predicted octanol–water partition coefficient (Wildman–Crippen LogP) is 19.4. The van der Waals surface area contributed by atoms with E-state index in [1.165, 1.54) is 110 Å². The van der Waals surface area contributed by atoms with E-state index in [4.69, 9.17) is 0 Å². The number of nitrogens with zero attached hydrogens (tertiary/aromatic N) is 2. The van der Waals surface area contributed by atoms with Crippen molar-refractivity contribution in [2.75, 3.05) is 4.90 Å². The highest BCUT2D eigenvalue weighted by atomic mass is 15.1. The molecule has 16 rings (SSSR count). The molecule has 2 aliphatic rings. The summed E-state index contributed by atoms with van der Waals surface area (Å²) in [5.74, 6) is 0. The Hall–Kier alpha value is -9.76. The lowest BCUT2D eigenvalue weighted by Crippen LogP contribution is -2.26. The smallest absolute Gasteiger partial charge is 0.0726 e. The van der Waals surface area contributed by atoms with Gasteiger partial charge in [-0.25, -0.2) is 0 Å². The van der Waals surface area contributed by atoms with Crippen LogP contribution in [0.1, 0.15) is 22.3 Å². The molecule has 2 aliphatic carbocycles. The molecule has 0 atom stereocenters. The summed E-state index contributed by atoms with van der Waals surface area (Å²) >= 11 is 0. The molecule has 14 aromatic rings. The van der Waals surface area contributed by atoms with Crippen molar-refractivity contribution in [1.29, 1.82) is 0 Å². The van der Waals surface area contributed by atoms with E-state index in [0.717, 1.165) is 33.9 Å². The second-order valence-corrected chi connectivity index (χ2v) is 20.3. The van der Waals surface area contributed by atoms with Gasteiger partial charge >= 0.3 is 0 Å². The van der Waals surface area contributed by atoms with Crippen molar-refractivity contribution in [3.8, 4) is 50.2 Å². The van der Waals surface area contributed by atoms with E-state index in [1.54, 1.807) is 0 Å². The summed E-state index contributed by atoms with van der Waals surface area (Å²) in [5.41, 5.74) is 21.4. The van der Waals surface area contributed by atoms with E-state index in [2.05, 4.69) is 289 Å². The molecule has 13 aromatic carbocycles. The normalized spacial score (nSPS) is 12.9. The maximum Gasteiger partial charge on any atom is 0.0726 e. The molecule has 0 fully saturated rings. The van der Waals surface area contributed by atoms with Crippen LogP contribution < -0.4 is 4.90 Å². The fraction of sp³-hybridized carbons (Fsp3) is 0.0137. The molecule has 0 N–H and O–H groups in total. The molecule has 1 aromatic heterocycles. The summed E-state index contributed by atoms with van der Waals surface area (Å²) in [6.45, 7) is 0. The van der Waals surface area contributed by atoms with Crippen molar-refractivity contribution >= 4 is 71.2 Å². The van der Waals surface area contributed by atoms with Gasteiger partial charge in [0.1, 0.15) is 0 Å². The van der Waals surface area contributed by atoms with E-state index >= 15 is 0 Å². The molecule has 348 valence electrons. The number of para-hydroxylation sites is 2. The summed E-state index contributed by atoms with van der Waals surface area (Å²) in [6, 6.07) is 104. The first-order valence-electron chi connectivity index (χ1n) is 26.1. The largest absolute Gasteiger partial charge is 0.310 e. The molecule has 0 amide bonds. The van der Waals surface area contributed by atoms with Crippen LogP contribution in [0.3, 0.4) is 0 Å². The van der Waals surface area contributed by atoms with Gasteiger partial charge < -0.3 is 9.47 Å². The Labute approximate surface area is 435 Å². The highest BCUT2D eigenvalue weighted by molar-refractivity contribution is 6.26. The van der Waals surface area contributed by atoms with Gasteiger partial charge in [0.25, 0.3) is 0 Å². The molecule has 1 heterocycles. The van der Waals surface area contributed by atoms with Crippen LogP contribution in [0.5, 0.6) is 0 Å². The van der Waals surface area contributed by atoms with E-state index in [0.29, 0.717) is 0 Å². The zero-order chi connectivity index (χ0) is 49.2. The molecule has 0 bridgehead atoms. The minimum Gasteiger partial charge on any atom is -0.310 e. The Balaban J connectivity index is 1.04. The SMILES string of the molecule is c1ccc(-c2ccc(-c3cc4c(cc3N(c3ccc5c6ccccc6c6ccccc6c5c3)c3ccc5c(c3)c3ccccc3n5-c3ccccc3)C3(c5ccccc5-c5ccccc53)c3ccccc3-4)cc2)cc1. The maximum absolute atomic E-state index is 2.58. The van der Waals surface area contributed by atoms with Gasteiger partial charge in [0.15, 0.2) is 0 Å². The standard InChI is InChI=1S/C73H46N2/c1-3-19-47(20-4-1)48-35-37-49(38-36-48)62-45-64-60-29-13-17-33-68(60)73(66-31-15-11-27-58(66)59-28-12-16-32-67(59)73)69(64)46-72(62)74(51-39-41-57-55-25-8-7-23-53(55)54-24-9-10-26-56(54)63(57)43-51)52-40-42-71-65(44-52)61-30-14-18-34-70(61)75(71)50-21-5-2-6-22-50/h1-46H. The van der Waals surface area contributed by atoms with Gasteiger partial charge in [-0.3, -0.25) is 0 Å². The van der Waals surface area contributed by atoms with Crippen LogP contribution in [0.15, 0.2) is 279 Å². The zero-order valence-electron chi connectivity index (χ0n) is 41.0. The number of anilines is 3. The number of fused-ring (bicyclic) bond motifs is 19. The highest BCUT2D eigenvalue weighted by Gasteiger charge is 2.52. The fourth-order valence-corrected chi connectivity index (χ4v) is 13.4. The maximum atomic E-state index is 2.58. The molecule has 1 spiro atoms. The topological polar surface area (TPSA) is 8.17 Å². The number of hydrogen-bond donors (Lipinski definition) is 0. The van der Waals surface area contributed by atoms with Crippen molar-refractivity contribution in [3.63, 3.8) is 0 Å². The summed E-state index contributed by atoms with van der Waals surface area (Å²) in [6.07, 6.45) is 0. The average Bonchev–Trinajstić information content (AvgIpc) is 4.27. The molecule has 75 heavy (non-hydrogen) atoms. The molecule has 0 unspecified atom stereocenters. The minimum atomic E-state index is -0.541. The van der Waals surface area contributed by atoms with Crippen LogP contribution in [-0.2, 0) is 5.41 Å². The summed E-state index contributed by atoms with van der Waals surface area (Å²) in [5, 5.41) is 9.92. The summed E-state index contributed by atoms with van der Waals surface area (Å²) < 4.78 is 2.41. The molecule has 0 saturated carbocycles. The lowest BCUT2D eigenvalue weighted by atomic mass is 9.70. The molecule has 2 heteroatoms. The monoisotopic (exact) mass is 950 g/mol. The van der Waals surface area contributed by atoms with E-state index < -0.39 is 5.41 Å². The van der Waals surface area contributed by atoms with Gasteiger partial charge in [-0.2, -0.15) is 0 Å². The first-order chi connectivity index (χ1) is 37.2. The van der Waals surface area contributed by atoms with Crippen molar-refractivity contribution in [2.45, 2.75) is 5.41 Å². The predicted molar refractivity (Wildman–Crippen MR) is 315 cm³/mol. The number of benzene rings is 13. The Kier molecular flexibility index (Phi) is 8.99. The molecule has 0 radical (unpaired) electrons. The Morgan fingerprint density at radius 1 is 0.253 bits per heavy atom. The third kappa shape index (κ3) is 5.97. The van der Waals surface area contributed by atoms with Gasteiger partial charge in [0.05, 0.1) is 22.1 Å². The van der Waals surface area contributed by atoms with E-state index in [1.807, 2.05) is 0 Å². The van der Waals surface area contributed by atoms with Crippen LogP contribution in [0.25, 0.3) is 104 Å². The van der Waals surface area contributed by atoms with Gasteiger partial charge in [-0.1, -0.05) is 218 Å². The van der Waals surface area contributed by atoms with Crippen LogP contribution in [0.4, 0.5) is 17.1 Å². The highest BCUT2D eigenvalue weighted by Crippen LogP contribution is 2.64. The number of hydrogen-bond acceptors (Lipinski definition) is 1. The second-order valence-electron chi connectivity index (χ2n) is 20.3. The van der Waals surface area contributed by atoms with Gasteiger partial charge in [0.2, 0.25) is 0 Å². The van der Waals surface area contributed by atoms with E-state index in [9.17, 15) is 0 Å². The van der Waals surface area contributed by atoms with Crippen molar-refractivity contribution in [1.82, 2.24) is 4.57 Å². The second kappa shape index (κ2) is 16.1. The fourth-order valence-electron chi connectivity index (χ4n) is 13.4. The van der Waals surface area contributed by atoms with Gasteiger partial charge in [-0.15, -0.1) is 0 Å². The van der Waals surface area contributed by atoms with E-state index in [-0.39, 0.29) is 0 Å². The molecule has 0 saturated heterocycles. The third-order valence-corrected chi connectivity index (χ3v) is 16.6. The third-order valence-electron chi connectivity index (χ3n) is 16.6. The summed E-state index contributed by atoms with van der Waals surface area (Å²) in [4.78, 5) is 2.57. The van der Waals surface area contributed by atoms with Crippen LogP contribution in [-0.4, -0.2) is 4.57 Å². The van der Waals surface area contributed by atoms with Crippen molar-refractivity contribution in [3.05, 3.63) is 301 Å². The molecule has 2 nitrogen and oxygen atoms in total. The van der Waals surface area contributed by atoms with Crippen molar-refractivity contribution < 1.29 is 0 Å². The molecule has 0 aliphatic heterocycles. The van der Waals surface area contributed by atoms with Gasteiger partial charge in [-0.05, 0) is 154 Å². The quantitative estimate of drug-likeness (QED) is 0.151. The lowest BCUT2D eigenvalue weighted by molar-refractivity contribution is 0.794. The molecular formula is C73H46N2. The molecular weight excluding hydrogens is 905 g/mol.